The number of rotatable bonds is 4. The van der Waals surface area contributed by atoms with Gasteiger partial charge in [0.2, 0.25) is 0 Å². The molecule has 0 atom stereocenters. The van der Waals surface area contributed by atoms with Crippen LogP contribution in [0.15, 0.2) is 72.8 Å². The van der Waals surface area contributed by atoms with E-state index in [1.54, 1.807) is 12.2 Å². The molecule has 1 nitrogen and oxygen atoms in total. The molecule has 0 amide bonds. The zero-order valence-electron chi connectivity index (χ0n) is 11.8. The number of allylic oxidation sites excluding steroid dienone is 2. The molecule has 2 rings (SSSR count). The van der Waals surface area contributed by atoms with Crippen molar-refractivity contribution in [2.75, 3.05) is 0 Å². The summed E-state index contributed by atoms with van der Waals surface area (Å²) in [5, 5.41) is 0. The average molecular weight is 557 g/mol. The van der Waals surface area contributed by atoms with Gasteiger partial charge in [-0.1, -0.05) is 72.8 Å². The van der Waals surface area contributed by atoms with Gasteiger partial charge in [0.25, 0.3) is 0 Å². The first-order valence-electron chi connectivity index (χ1n) is 5.85. The summed E-state index contributed by atoms with van der Waals surface area (Å²) < 4.78 is 0. The summed E-state index contributed by atoms with van der Waals surface area (Å²) >= 11 is 0. The molecule has 0 aliphatic carbocycles. The summed E-state index contributed by atoms with van der Waals surface area (Å²) in [5.74, 6) is -0.0114. The van der Waals surface area contributed by atoms with Gasteiger partial charge in [-0.25, -0.2) is 0 Å². The smallest absolute Gasteiger partial charge is 0.178 e. The predicted molar refractivity (Wildman–Crippen MR) is 97.7 cm³/mol. The van der Waals surface area contributed by atoms with Gasteiger partial charge in [-0.3, -0.25) is 4.79 Å². The molecule has 0 heterocycles. The van der Waals surface area contributed by atoms with E-state index in [1.165, 1.54) is 0 Å². The summed E-state index contributed by atoms with van der Waals surface area (Å²) in [5.41, 5.74) is 2.05. The molecule has 0 spiro atoms. The molecule has 0 N–H and O–H groups in total. The molecular weight excluding hydrogens is 539 g/mol. The number of carbonyl (C=O) groups is 1. The van der Waals surface area contributed by atoms with Crippen molar-refractivity contribution in [3.05, 3.63) is 83.9 Å². The second kappa shape index (κ2) is 18.1. The van der Waals surface area contributed by atoms with Gasteiger partial charge in [-0.05, 0) is 23.3 Å². The van der Waals surface area contributed by atoms with E-state index in [1.807, 2.05) is 72.8 Å². The number of hydrogen-bond donors (Lipinski definition) is 0. The summed E-state index contributed by atoms with van der Waals surface area (Å²) in [6, 6.07) is 19.6. The van der Waals surface area contributed by atoms with Gasteiger partial charge in [0.1, 0.15) is 0 Å². The van der Waals surface area contributed by atoms with E-state index in [0.29, 0.717) is 0 Å². The molecule has 6 heteroatoms. The van der Waals surface area contributed by atoms with Crippen LogP contribution in [0, 0.1) is 0 Å². The van der Waals surface area contributed by atoms with Crippen LogP contribution in [0.5, 0.6) is 0 Å². The van der Waals surface area contributed by atoms with Crippen molar-refractivity contribution in [2.45, 2.75) is 0 Å². The molecule has 0 unspecified atom stereocenters. The number of hydrogen-bond acceptors (Lipinski definition) is 1. The van der Waals surface area contributed by atoms with Crippen molar-refractivity contribution in [3.63, 3.8) is 0 Å². The molecule has 0 fully saturated rings. The molecule has 0 aromatic heterocycles. The van der Waals surface area contributed by atoms with Crippen molar-refractivity contribution >= 4 is 55.2 Å². The van der Waals surface area contributed by atoms with Gasteiger partial charge >= 0.3 is 0 Å². The first-order chi connectivity index (χ1) is 8.84. The Morgan fingerprint density at radius 2 is 0.913 bits per heavy atom. The Bertz CT molecular complexity index is 521. The third-order valence-corrected chi connectivity index (χ3v) is 2.48. The third kappa shape index (κ3) is 12.8. The number of carbonyl (C=O) groups excluding carboxylic acids is 1. The van der Waals surface area contributed by atoms with Crippen LogP contribution in [-0.4, -0.2) is 5.78 Å². The maximum atomic E-state index is 11.6. The Kier molecular flexibility index (Phi) is 24.2. The summed E-state index contributed by atoms with van der Waals surface area (Å²) in [4.78, 5) is 11.6. The minimum Gasteiger partial charge on any atom is -0.290 e. The Labute approximate surface area is 183 Å². The maximum Gasteiger partial charge on any atom is 0.178 e. The first kappa shape index (κ1) is 30.6. The molecule has 0 radical (unpaired) electrons. The van der Waals surface area contributed by atoms with Crippen LogP contribution in [0.4, 0.5) is 0 Å². The molecule has 0 bridgehead atoms. The van der Waals surface area contributed by atoms with E-state index >= 15 is 0 Å². The minimum absolute atomic E-state index is 0. The molecule has 0 aliphatic heterocycles. The average Bonchev–Trinajstić information content (AvgIpc) is 2.45. The molecule has 0 saturated carbocycles. The fraction of sp³-hybridized carbons (Fsp3) is 0. The van der Waals surface area contributed by atoms with Crippen LogP contribution in [-0.2, 0) is 45.6 Å². The quantitative estimate of drug-likeness (QED) is 0.372. The molecule has 132 valence electrons. The van der Waals surface area contributed by atoms with Gasteiger partial charge in [0.05, 0.1) is 0 Å². The Balaban J connectivity index is -0.000000361. The number of ketones is 1. The van der Waals surface area contributed by atoms with Crippen LogP contribution < -0.4 is 0 Å². The molecule has 23 heavy (non-hydrogen) atoms. The Morgan fingerprint density at radius 3 is 1.22 bits per heavy atom. The molecule has 2 aromatic rings. The topological polar surface area (TPSA) is 17.1 Å². The van der Waals surface area contributed by atoms with Gasteiger partial charge in [0.15, 0.2) is 5.78 Å². The summed E-state index contributed by atoms with van der Waals surface area (Å²) in [6.07, 6.45) is 6.79. The van der Waals surface area contributed by atoms with Crippen molar-refractivity contribution in [3.8, 4) is 0 Å². The summed E-state index contributed by atoms with van der Waals surface area (Å²) in [7, 11) is 0. The summed E-state index contributed by atoms with van der Waals surface area (Å²) in [6.45, 7) is 0. The largest absolute Gasteiger partial charge is 0.290 e. The van der Waals surface area contributed by atoms with Crippen LogP contribution in [0.25, 0.3) is 12.2 Å². The number of benzene rings is 2. The Hall–Kier alpha value is -0.215. The molecule has 0 saturated heterocycles. The third-order valence-electron chi connectivity index (χ3n) is 2.48. The Morgan fingerprint density at radius 1 is 0.609 bits per heavy atom. The predicted octanol–water partition coefficient (Wildman–Crippen LogP) is 5.24. The second-order valence-electron chi connectivity index (χ2n) is 3.89. The van der Waals surface area contributed by atoms with Gasteiger partial charge in [-0.15, -0.1) is 37.2 Å². The monoisotopic (exact) mass is 554 g/mol. The second-order valence-corrected chi connectivity index (χ2v) is 3.89. The van der Waals surface area contributed by atoms with E-state index in [-0.39, 0.29) is 83.8 Å². The van der Waals surface area contributed by atoms with E-state index < -0.39 is 0 Å². The van der Waals surface area contributed by atoms with Crippen molar-refractivity contribution in [1.29, 1.82) is 0 Å². The van der Waals surface area contributed by atoms with Crippen LogP contribution in [0.3, 0.4) is 0 Å². The van der Waals surface area contributed by atoms with E-state index in [0.717, 1.165) is 11.1 Å². The van der Waals surface area contributed by atoms with Gasteiger partial charge in [-0.2, -0.15) is 0 Å². The minimum atomic E-state index is -0.0114. The standard InChI is InChI=1S/C17H14O.3ClH.2Pd/c18-17(13-11-15-7-3-1-4-8-15)14-12-16-9-5-2-6-10-16;;;;;/h1-14H;3*1H;;. The fourth-order valence-corrected chi connectivity index (χ4v) is 1.54. The van der Waals surface area contributed by atoms with E-state index in [4.69, 9.17) is 0 Å². The zero-order valence-corrected chi connectivity index (χ0v) is 17.4. The molecule has 0 aliphatic rings. The maximum absolute atomic E-state index is 11.6. The van der Waals surface area contributed by atoms with Crippen molar-refractivity contribution < 1.29 is 45.6 Å². The number of halogens is 3. The normalized spacial score (nSPS) is 8.70. The van der Waals surface area contributed by atoms with E-state index in [9.17, 15) is 4.79 Å². The van der Waals surface area contributed by atoms with Crippen molar-refractivity contribution in [1.82, 2.24) is 0 Å². The first-order valence-corrected chi connectivity index (χ1v) is 5.85. The van der Waals surface area contributed by atoms with Gasteiger partial charge < -0.3 is 0 Å². The molecular formula is C17H17Cl3OPd2. The van der Waals surface area contributed by atoms with Crippen molar-refractivity contribution in [2.24, 2.45) is 0 Å². The van der Waals surface area contributed by atoms with Crippen LogP contribution >= 0.6 is 37.2 Å². The van der Waals surface area contributed by atoms with Gasteiger partial charge in [0, 0.05) is 40.8 Å². The van der Waals surface area contributed by atoms with Crippen LogP contribution in [0.1, 0.15) is 11.1 Å². The SMILES string of the molecule is Cl.Cl.Cl.O=C(C=Cc1ccccc1)C=Cc1ccccc1.[Pd].[Pd]. The zero-order chi connectivity index (χ0) is 12.6. The van der Waals surface area contributed by atoms with Crippen LogP contribution in [0.2, 0.25) is 0 Å². The van der Waals surface area contributed by atoms with E-state index in [2.05, 4.69) is 0 Å². The molecule has 2 aromatic carbocycles. The fourth-order valence-electron chi connectivity index (χ4n) is 1.54.